The summed E-state index contributed by atoms with van der Waals surface area (Å²) in [5, 5.41) is 0. The number of carbonyl (C=O) groups is 1. The van der Waals surface area contributed by atoms with Crippen LogP contribution in [0.25, 0.3) is 0 Å². The lowest BCUT2D eigenvalue weighted by molar-refractivity contribution is -0.274. The van der Waals surface area contributed by atoms with Crippen LogP contribution in [0.4, 0.5) is 28.0 Å². The van der Waals surface area contributed by atoms with E-state index in [1.807, 2.05) is 0 Å². The average Bonchev–Trinajstić information content (AvgIpc) is 2.98. The van der Waals surface area contributed by atoms with E-state index in [2.05, 4.69) is 4.74 Å². The molecule has 1 aliphatic heterocycles. The third kappa shape index (κ3) is 5.88. The molecule has 0 aliphatic carbocycles. The number of hydrogen-bond donors (Lipinski definition) is 1. The van der Waals surface area contributed by atoms with E-state index >= 15 is 0 Å². The lowest BCUT2D eigenvalue weighted by Crippen LogP contribution is -2.56. The number of benzene rings is 1. The summed E-state index contributed by atoms with van der Waals surface area (Å²) in [5.41, 5.74) is -3.00. The second kappa shape index (κ2) is 8.10. The summed E-state index contributed by atoms with van der Waals surface area (Å²) in [5.74, 6) is -0.627. The number of ether oxygens (including phenoxy) is 2. The molecule has 1 aromatic carbocycles. The average molecular weight is 458 g/mol. The molecule has 0 radical (unpaired) electrons. The van der Waals surface area contributed by atoms with Crippen LogP contribution in [0.15, 0.2) is 24.3 Å². The zero-order valence-corrected chi connectivity index (χ0v) is 17.3. The van der Waals surface area contributed by atoms with Crippen molar-refractivity contribution in [3.63, 3.8) is 0 Å². The first kappa shape index (κ1) is 24.0. The minimum absolute atomic E-state index is 0.0554. The van der Waals surface area contributed by atoms with Crippen LogP contribution < -0.4 is 9.04 Å². The van der Waals surface area contributed by atoms with E-state index in [0.717, 1.165) is 29.2 Å². The van der Waals surface area contributed by atoms with Crippen LogP contribution in [0.3, 0.4) is 0 Å². The maximum atomic E-state index is 14.1. The Kier molecular flexibility index (Phi) is 6.48. The number of alkyl halides is 4. The lowest BCUT2D eigenvalue weighted by atomic mass is 10.00. The standard InChI is InChI=1S/C17H22F4N2O6S/c1-15(2,3)29-14(24)22-9-8-16(10-18,11-22)23(30(25,26)27)12-4-6-13(7-5-12)28-17(19,20)21/h4-7H,8-11H2,1-3H3,(H,25,26,27). The van der Waals surface area contributed by atoms with Gasteiger partial charge in [0.25, 0.3) is 0 Å². The molecule has 2 rings (SSSR count). The SMILES string of the molecule is CC(C)(C)OC(=O)N1CCC(CF)(N(c2ccc(OC(F)(F)F)cc2)S(=O)(=O)O)C1. The molecule has 1 unspecified atom stereocenters. The molecule has 1 aromatic rings. The number of halogens is 4. The molecule has 30 heavy (non-hydrogen) atoms. The summed E-state index contributed by atoms with van der Waals surface area (Å²) in [6.07, 6.45) is -5.92. The Labute approximate surface area is 171 Å². The second-order valence-electron chi connectivity index (χ2n) is 7.79. The first-order chi connectivity index (χ1) is 13.6. The highest BCUT2D eigenvalue weighted by Gasteiger charge is 2.50. The zero-order valence-electron chi connectivity index (χ0n) is 16.4. The van der Waals surface area contributed by atoms with Crippen molar-refractivity contribution in [1.29, 1.82) is 0 Å². The predicted octanol–water partition coefficient (Wildman–Crippen LogP) is 3.54. The fourth-order valence-electron chi connectivity index (χ4n) is 3.10. The third-order valence-electron chi connectivity index (χ3n) is 4.20. The van der Waals surface area contributed by atoms with E-state index in [4.69, 9.17) is 4.74 Å². The van der Waals surface area contributed by atoms with Crippen LogP contribution in [0.1, 0.15) is 27.2 Å². The highest BCUT2D eigenvalue weighted by Crippen LogP contribution is 2.37. The van der Waals surface area contributed by atoms with Crippen molar-refractivity contribution in [1.82, 2.24) is 4.90 Å². The minimum atomic E-state index is -5.05. The monoisotopic (exact) mass is 458 g/mol. The molecule has 1 heterocycles. The molecule has 1 atom stereocenters. The van der Waals surface area contributed by atoms with Gasteiger partial charge in [-0.15, -0.1) is 13.2 Å². The molecule has 0 aromatic heterocycles. The summed E-state index contributed by atoms with van der Waals surface area (Å²) in [4.78, 5) is 13.4. The van der Waals surface area contributed by atoms with Crippen molar-refractivity contribution < 1.29 is 44.8 Å². The number of carbonyl (C=O) groups excluding carboxylic acids is 1. The Morgan fingerprint density at radius 2 is 1.80 bits per heavy atom. The van der Waals surface area contributed by atoms with Crippen LogP contribution in [-0.2, 0) is 15.0 Å². The quantitative estimate of drug-likeness (QED) is 0.536. The van der Waals surface area contributed by atoms with Gasteiger partial charge in [0.2, 0.25) is 0 Å². The van der Waals surface area contributed by atoms with Crippen LogP contribution in [0.2, 0.25) is 0 Å². The Hall–Kier alpha value is -2.28. The van der Waals surface area contributed by atoms with E-state index in [-0.39, 0.29) is 18.7 Å². The first-order valence-electron chi connectivity index (χ1n) is 8.74. The smallest absolute Gasteiger partial charge is 0.444 e. The van der Waals surface area contributed by atoms with Crippen LogP contribution >= 0.6 is 0 Å². The summed E-state index contributed by atoms with van der Waals surface area (Å²) in [6, 6.07) is 3.52. The Bertz CT molecular complexity index is 870. The van der Waals surface area contributed by atoms with Gasteiger partial charge in [-0.2, -0.15) is 8.42 Å². The predicted molar refractivity (Wildman–Crippen MR) is 98.3 cm³/mol. The van der Waals surface area contributed by atoms with E-state index < -0.39 is 52.9 Å². The molecule has 0 spiro atoms. The largest absolute Gasteiger partial charge is 0.573 e. The minimum Gasteiger partial charge on any atom is -0.444 e. The van der Waals surface area contributed by atoms with Gasteiger partial charge in [-0.3, -0.25) is 4.55 Å². The third-order valence-corrected chi connectivity index (χ3v) is 5.26. The molecule has 1 fully saturated rings. The van der Waals surface area contributed by atoms with Crippen molar-refractivity contribution in [3.8, 4) is 5.75 Å². The molecule has 13 heteroatoms. The summed E-state index contributed by atoms with van der Waals surface area (Å²) < 4.78 is 94.3. The van der Waals surface area contributed by atoms with Crippen molar-refractivity contribution in [2.24, 2.45) is 0 Å². The molecule has 1 saturated heterocycles. The number of hydrogen-bond acceptors (Lipinski definition) is 5. The van der Waals surface area contributed by atoms with Gasteiger partial charge in [0.1, 0.15) is 23.6 Å². The van der Waals surface area contributed by atoms with Gasteiger partial charge in [-0.05, 0) is 51.5 Å². The van der Waals surface area contributed by atoms with Gasteiger partial charge in [-0.1, -0.05) is 0 Å². The number of amides is 1. The molecule has 1 aliphatic rings. The van der Waals surface area contributed by atoms with Gasteiger partial charge in [0.05, 0.1) is 12.2 Å². The Morgan fingerprint density at radius 1 is 1.23 bits per heavy atom. The van der Waals surface area contributed by atoms with E-state index in [9.17, 15) is 35.3 Å². The number of nitrogens with zero attached hydrogens (tertiary/aromatic N) is 2. The Balaban J connectivity index is 2.35. The lowest BCUT2D eigenvalue weighted by Gasteiger charge is -2.37. The normalized spacial score (nSPS) is 20.2. The van der Waals surface area contributed by atoms with Crippen molar-refractivity contribution in [2.75, 3.05) is 24.1 Å². The maximum Gasteiger partial charge on any atom is 0.573 e. The molecular weight excluding hydrogens is 436 g/mol. The number of anilines is 1. The topological polar surface area (TPSA) is 96.4 Å². The van der Waals surface area contributed by atoms with E-state index in [0.29, 0.717) is 4.31 Å². The molecule has 170 valence electrons. The molecule has 1 amide bonds. The first-order valence-corrected chi connectivity index (χ1v) is 10.1. The molecular formula is C17H22F4N2O6S. The van der Waals surface area contributed by atoms with E-state index in [1.54, 1.807) is 20.8 Å². The van der Waals surface area contributed by atoms with Crippen LogP contribution in [-0.4, -0.2) is 61.2 Å². The van der Waals surface area contributed by atoms with E-state index in [1.165, 1.54) is 0 Å². The Morgan fingerprint density at radius 3 is 2.23 bits per heavy atom. The fourth-order valence-corrected chi connectivity index (χ4v) is 4.18. The van der Waals surface area contributed by atoms with Gasteiger partial charge < -0.3 is 14.4 Å². The highest BCUT2D eigenvalue weighted by molar-refractivity contribution is 7.87. The zero-order chi connectivity index (χ0) is 23.0. The summed E-state index contributed by atoms with van der Waals surface area (Å²) in [7, 11) is -5.05. The fraction of sp³-hybridized carbons (Fsp3) is 0.588. The molecule has 1 N–H and O–H groups in total. The molecule has 8 nitrogen and oxygen atoms in total. The van der Waals surface area contributed by atoms with Crippen LogP contribution in [0, 0.1) is 0 Å². The maximum absolute atomic E-state index is 14.1. The highest BCUT2D eigenvalue weighted by atomic mass is 32.2. The van der Waals surface area contributed by atoms with Gasteiger partial charge in [0, 0.05) is 6.54 Å². The van der Waals surface area contributed by atoms with Crippen molar-refractivity contribution >= 4 is 22.1 Å². The van der Waals surface area contributed by atoms with Gasteiger partial charge in [0.15, 0.2) is 0 Å². The molecule has 0 saturated carbocycles. The van der Waals surface area contributed by atoms with Gasteiger partial charge in [-0.25, -0.2) is 13.5 Å². The summed E-state index contributed by atoms with van der Waals surface area (Å²) >= 11 is 0. The van der Waals surface area contributed by atoms with Crippen molar-refractivity contribution in [3.05, 3.63) is 24.3 Å². The number of rotatable bonds is 5. The number of likely N-dealkylation sites (tertiary alicyclic amines) is 1. The second-order valence-corrected chi connectivity index (χ2v) is 9.05. The van der Waals surface area contributed by atoms with Crippen LogP contribution in [0.5, 0.6) is 5.75 Å². The summed E-state index contributed by atoms with van der Waals surface area (Å²) in [6.45, 7) is 3.11. The molecule has 0 bridgehead atoms. The van der Waals surface area contributed by atoms with Gasteiger partial charge >= 0.3 is 22.8 Å². The van der Waals surface area contributed by atoms with Crippen molar-refractivity contribution in [2.45, 2.75) is 44.7 Å².